The summed E-state index contributed by atoms with van der Waals surface area (Å²) in [5.74, 6) is 1.82. The first-order valence-corrected chi connectivity index (χ1v) is 9.64. The van der Waals surface area contributed by atoms with Crippen LogP contribution in [0.15, 0.2) is 110 Å². The Morgan fingerprint density at radius 3 is 1.90 bits per heavy atom. The molecular formula is C25H20N4. The Labute approximate surface area is 169 Å². The zero-order chi connectivity index (χ0) is 19.5. The van der Waals surface area contributed by atoms with Gasteiger partial charge in [-0.05, 0) is 59.7 Å². The number of rotatable bonds is 5. The second kappa shape index (κ2) is 7.60. The number of pyridine rings is 2. The SMILES string of the molecule is c1ccc(-c2cc(Cc3cccc(-n4cccc4)n3)nc(-n3cccc3)c2)cc1. The summed E-state index contributed by atoms with van der Waals surface area (Å²) < 4.78 is 4.06. The molecule has 5 rings (SSSR count). The maximum absolute atomic E-state index is 4.91. The van der Waals surface area contributed by atoms with Crippen LogP contribution in [0.5, 0.6) is 0 Å². The molecule has 0 atom stereocenters. The van der Waals surface area contributed by atoms with Crippen molar-refractivity contribution in [2.24, 2.45) is 0 Å². The summed E-state index contributed by atoms with van der Waals surface area (Å²) in [5, 5.41) is 0. The first-order chi connectivity index (χ1) is 14.3. The molecule has 29 heavy (non-hydrogen) atoms. The molecule has 4 heteroatoms. The van der Waals surface area contributed by atoms with E-state index in [2.05, 4.69) is 42.5 Å². The minimum atomic E-state index is 0.671. The van der Waals surface area contributed by atoms with Crippen LogP contribution in [0, 0.1) is 0 Å². The van der Waals surface area contributed by atoms with Crippen molar-refractivity contribution in [3.8, 4) is 22.8 Å². The third kappa shape index (κ3) is 3.73. The third-order valence-corrected chi connectivity index (χ3v) is 4.86. The molecule has 0 fully saturated rings. The average Bonchev–Trinajstić information content (AvgIpc) is 3.49. The molecule has 0 amide bonds. The highest BCUT2D eigenvalue weighted by Crippen LogP contribution is 2.23. The summed E-state index contributed by atoms with van der Waals surface area (Å²) in [5.41, 5.74) is 4.32. The van der Waals surface area contributed by atoms with Crippen molar-refractivity contribution in [1.29, 1.82) is 0 Å². The van der Waals surface area contributed by atoms with Gasteiger partial charge in [-0.3, -0.25) is 0 Å². The van der Waals surface area contributed by atoms with Crippen LogP contribution in [0.4, 0.5) is 0 Å². The number of hydrogen-bond donors (Lipinski definition) is 0. The lowest BCUT2D eigenvalue weighted by Gasteiger charge is -2.11. The Kier molecular flexibility index (Phi) is 4.51. The molecule has 0 unspecified atom stereocenters. The Bertz CT molecular complexity index is 1210. The zero-order valence-electron chi connectivity index (χ0n) is 15.9. The Hall–Kier alpha value is -3.92. The minimum Gasteiger partial charge on any atom is -0.309 e. The summed E-state index contributed by atoms with van der Waals surface area (Å²) in [7, 11) is 0. The van der Waals surface area contributed by atoms with E-state index in [0.29, 0.717) is 6.42 Å². The predicted molar refractivity (Wildman–Crippen MR) is 115 cm³/mol. The second-order valence-electron chi connectivity index (χ2n) is 6.92. The van der Waals surface area contributed by atoms with E-state index < -0.39 is 0 Å². The van der Waals surface area contributed by atoms with E-state index in [0.717, 1.165) is 28.6 Å². The Balaban J connectivity index is 1.54. The molecule has 140 valence electrons. The predicted octanol–water partition coefficient (Wildman–Crippen LogP) is 5.32. The van der Waals surface area contributed by atoms with Gasteiger partial charge in [-0.2, -0.15) is 0 Å². The van der Waals surface area contributed by atoms with Gasteiger partial charge in [0.15, 0.2) is 0 Å². The molecule has 0 spiro atoms. The van der Waals surface area contributed by atoms with E-state index in [1.54, 1.807) is 0 Å². The highest BCUT2D eigenvalue weighted by molar-refractivity contribution is 5.65. The molecule has 0 radical (unpaired) electrons. The largest absolute Gasteiger partial charge is 0.309 e. The standard InChI is InChI=1S/C25H20N4/c1-2-9-20(10-3-1)21-17-23(27-25(18-21)29-15-6-7-16-29)19-22-11-8-12-24(26-22)28-13-4-5-14-28/h1-18H,19H2. The molecule has 5 aromatic rings. The molecule has 4 nitrogen and oxygen atoms in total. The summed E-state index contributed by atoms with van der Waals surface area (Å²) in [4.78, 5) is 9.73. The minimum absolute atomic E-state index is 0.671. The summed E-state index contributed by atoms with van der Waals surface area (Å²) >= 11 is 0. The topological polar surface area (TPSA) is 35.6 Å². The van der Waals surface area contributed by atoms with Crippen molar-refractivity contribution in [2.75, 3.05) is 0 Å². The van der Waals surface area contributed by atoms with Crippen LogP contribution >= 0.6 is 0 Å². The molecule has 0 aliphatic heterocycles. The summed E-state index contributed by atoms with van der Waals surface area (Å²) in [6.45, 7) is 0. The van der Waals surface area contributed by atoms with Gasteiger partial charge >= 0.3 is 0 Å². The van der Waals surface area contributed by atoms with E-state index >= 15 is 0 Å². The first-order valence-electron chi connectivity index (χ1n) is 9.64. The molecule has 0 aliphatic rings. The molecule has 0 aliphatic carbocycles. The number of hydrogen-bond acceptors (Lipinski definition) is 2. The third-order valence-electron chi connectivity index (χ3n) is 4.86. The molecule has 0 saturated carbocycles. The van der Waals surface area contributed by atoms with E-state index in [-0.39, 0.29) is 0 Å². The maximum Gasteiger partial charge on any atom is 0.137 e. The van der Waals surface area contributed by atoms with Gasteiger partial charge in [-0.1, -0.05) is 36.4 Å². The van der Waals surface area contributed by atoms with Gasteiger partial charge in [0.05, 0.1) is 0 Å². The lowest BCUT2D eigenvalue weighted by atomic mass is 10.0. The zero-order valence-corrected chi connectivity index (χ0v) is 15.9. The van der Waals surface area contributed by atoms with Crippen LogP contribution in [0.25, 0.3) is 22.8 Å². The lowest BCUT2D eigenvalue weighted by molar-refractivity contribution is 0.926. The summed E-state index contributed by atoms with van der Waals surface area (Å²) in [6.07, 6.45) is 8.72. The van der Waals surface area contributed by atoms with Crippen molar-refractivity contribution < 1.29 is 0 Å². The molecule has 0 N–H and O–H groups in total. The fourth-order valence-electron chi connectivity index (χ4n) is 3.46. The number of benzene rings is 1. The van der Waals surface area contributed by atoms with Crippen molar-refractivity contribution >= 4 is 0 Å². The Morgan fingerprint density at radius 1 is 0.517 bits per heavy atom. The van der Waals surface area contributed by atoms with Crippen LogP contribution in [0.1, 0.15) is 11.4 Å². The highest BCUT2D eigenvalue weighted by Gasteiger charge is 2.09. The van der Waals surface area contributed by atoms with Gasteiger partial charge in [0.1, 0.15) is 11.6 Å². The van der Waals surface area contributed by atoms with E-state index in [4.69, 9.17) is 9.97 Å². The van der Waals surface area contributed by atoms with Gasteiger partial charge in [0, 0.05) is 42.6 Å². The maximum atomic E-state index is 4.91. The number of aromatic nitrogens is 4. The monoisotopic (exact) mass is 376 g/mol. The lowest BCUT2D eigenvalue weighted by Crippen LogP contribution is -2.03. The highest BCUT2D eigenvalue weighted by atomic mass is 15.0. The number of nitrogens with zero attached hydrogens (tertiary/aromatic N) is 4. The van der Waals surface area contributed by atoms with Crippen LogP contribution in [-0.2, 0) is 6.42 Å². The fraction of sp³-hybridized carbons (Fsp3) is 0.0400. The Morgan fingerprint density at radius 2 is 1.17 bits per heavy atom. The smallest absolute Gasteiger partial charge is 0.137 e. The van der Waals surface area contributed by atoms with Crippen molar-refractivity contribution in [3.05, 3.63) is 121 Å². The van der Waals surface area contributed by atoms with Crippen LogP contribution in [-0.4, -0.2) is 19.1 Å². The molecule has 0 saturated heterocycles. The van der Waals surface area contributed by atoms with Gasteiger partial charge < -0.3 is 9.13 Å². The fourth-order valence-corrected chi connectivity index (χ4v) is 3.46. The molecular weight excluding hydrogens is 356 g/mol. The first kappa shape index (κ1) is 17.2. The van der Waals surface area contributed by atoms with Gasteiger partial charge in [0.2, 0.25) is 0 Å². The van der Waals surface area contributed by atoms with Crippen molar-refractivity contribution in [1.82, 2.24) is 19.1 Å². The summed E-state index contributed by atoms with van der Waals surface area (Å²) in [6, 6.07) is 28.9. The second-order valence-corrected chi connectivity index (χ2v) is 6.92. The van der Waals surface area contributed by atoms with E-state index in [1.165, 1.54) is 5.56 Å². The quantitative estimate of drug-likeness (QED) is 0.416. The molecule has 4 heterocycles. The van der Waals surface area contributed by atoms with Crippen LogP contribution in [0.3, 0.4) is 0 Å². The van der Waals surface area contributed by atoms with Gasteiger partial charge in [-0.15, -0.1) is 0 Å². The van der Waals surface area contributed by atoms with E-state index in [9.17, 15) is 0 Å². The van der Waals surface area contributed by atoms with Crippen LogP contribution < -0.4 is 0 Å². The van der Waals surface area contributed by atoms with Gasteiger partial charge in [-0.25, -0.2) is 9.97 Å². The molecule has 4 aromatic heterocycles. The normalized spacial score (nSPS) is 10.9. The van der Waals surface area contributed by atoms with Crippen LogP contribution in [0.2, 0.25) is 0 Å². The molecule has 1 aromatic carbocycles. The van der Waals surface area contributed by atoms with Crippen molar-refractivity contribution in [3.63, 3.8) is 0 Å². The molecule has 0 bridgehead atoms. The average molecular weight is 376 g/mol. The van der Waals surface area contributed by atoms with Gasteiger partial charge in [0.25, 0.3) is 0 Å². The van der Waals surface area contributed by atoms with Crippen molar-refractivity contribution in [2.45, 2.75) is 6.42 Å². The van der Waals surface area contributed by atoms with E-state index in [1.807, 2.05) is 76.4 Å².